The number of amides is 1. The van der Waals surface area contributed by atoms with E-state index in [0.717, 1.165) is 78.7 Å². The van der Waals surface area contributed by atoms with Crippen LogP contribution < -0.4 is 14.5 Å². The van der Waals surface area contributed by atoms with Crippen molar-refractivity contribution in [2.24, 2.45) is 0 Å². The number of ether oxygens (including phenoxy) is 1. The topological polar surface area (TPSA) is 68.3 Å². The van der Waals surface area contributed by atoms with E-state index in [2.05, 4.69) is 49.9 Å². The highest BCUT2D eigenvalue weighted by Gasteiger charge is 2.45. The molecule has 4 fully saturated rings. The molecule has 0 atom stereocenters. The van der Waals surface area contributed by atoms with Crippen molar-refractivity contribution in [1.29, 1.82) is 0 Å². The van der Waals surface area contributed by atoms with E-state index in [1.54, 1.807) is 6.08 Å². The largest absolute Gasteiger partial charge is 0.461 e. The van der Waals surface area contributed by atoms with Crippen LogP contribution >= 0.6 is 11.6 Å². The van der Waals surface area contributed by atoms with Crippen molar-refractivity contribution in [3.63, 3.8) is 0 Å². The molecule has 4 saturated heterocycles. The van der Waals surface area contributed by atoms with Crippen molar-refractivity contribution in [1.82, 2.24) is 24.7 Å². The Labute approximate surface area is 289 Å². The second-order valence-electron chi connectivity index (χ2n) is 14.3. The summed E-state index contributed by atoms with van der Waals surface area (Å²) >= 11 is 6.76. The molecular formula is C38H48ClN7O2. The van der Waals surface area contributed by atoms with E-state index in [9.17, 15) is 4.79 Å². The van der Waals surface area contributed by atoms with Gasteiger partial charge in [-0.25, -0.2) is 0 Å². The maximum Gasteiger partial charge on any atom is 0.318 e. The van der Waals surface area contributed by atoms with Crippen molar-refractivity contribution < 1.29 is 9.53 Å². The number of rotatable bonds is 8. The SMILES string of the molecule is O=C(/C=C/CN1CCCCC1)N1CCN(c2nc(OCC34CCCN3CCC4)nc3c2CCN(c2cccc4cccc(Cl)c24)C3)CC1. The molecule has 1 aromatic heterocycles. The molecule has 5 aliphatic rings. The van der Waals surface area contributed by atoms with E-state index in [1.165, 1.54) is 63.6 Å². The Hall–Kier alpha value is -3.40. The van der Waals surface area contributed by atoms with Gasteiger partial charge in [-0.1, -0.05) is 48.4 Å². The summed E-state index contributed by atoms with van der Waals surface area (Å²) in [6, 6.07) is 13.0. The quantitative estimate of drug-likeness (QED) is 0.290. The third-order valence-electron chi connectivity index (χ3n) is 11.4. The summed E-state index contributed by atoms with van der Waals surface area (Å²) in [7, 11) is 0. The van der Waals surface area contributed by atoms with Gasteiger partial charge in [0.05, 0.1) is 22.8 Å². The van der Waals surface area contributed by atoms with E-state index >= 15 is 0 Å². The average molecular weight is 670 g/mol. The minimum Gasteiger partial charge on any atom is -0.461 e. The van der Waals surface area contributed by atoms with Crippen molar-refractivity contribution >= 4 is 39.8 Å². The predicted octanol–water partition coefficient (Wildman–Crippen LogP) is 5.54. The summed E-state index contributed by atoms with van der Waals surface area (Å²) < 4.78 is 6.57. The number of carbonyl (C=O) groups excluding carboxylic acids is 1. The number of benzene rings is 2. The fourth-order valence-electron chi connectivity index (χ4n) is 8.81. The van der Waals surface area contributed by atoms with Gasteiger partial charge < -0.3 is 19.4 Å². The number of carbonyl (C=O) groups is 1. The number of piperidine rings is 1. The standard InChI is InChI=1S/C38H48ClN7O2/c39-31-11-4-9-29-10-5-12-33(35(29)31)45-22-14-30-32(27-45)40-37(48-28-38-15-7-20-46(38)21-8-16-38)41-36(30)44-25-23-43(24-26-44)34(47)13-6-19-42-17-2-1-3-18-42/h4-6,9-13H,1-3,7-8,14-28H2/b13-6+. The molecule has 0 unspecified atom stereocenters. The molecule has 48 heavy (non-hydrogen) atoms. The van der Waals surface area contributed by atoms with Crippen LogP contribution in [0.25, 0.3) is 10.8 Å². The van der Waals surface area contributed by atoms with E-state index < -0.39 is 0 Å². The normalized spacial score (nSPS) is 21.6. The molecule has 0 saturated carbocycles. The fourth-order valence-corrected chi connectivity index (χ4v) is 9.09. The Morgan fingerprint density at radius 1 is 0.854 bits per heavy atom. The van der Waals surface area contributed by atoms with Crippen molar-refractivity contribution in [2.45, 2.75) is 63.5 Å². The van der Waals surface area contributed by atoms with Gasteiger partial charge in [0, 0.05) is 62.0 Å². The molecule has 0 radical (unpaired) electrons. The number of piperazine rings is 1. The molecule has 254 valence electrons. The summed E-state index contributed by atoms with van der Waals surface area (Å²) in [6.45, 7) is 10.5. The van der Waals surface area contributed by atoms with Gasteiger partial charge in [0.15, 0.2) is 0 Å². The highest BCUT2D eigenvalue weighted by Crippen LogP contribution is 2.40. The van der Waals surface area contributed by atoms with Crippen LogP contribution in [0.5, 0.6) is 6.01 Å². The zero-order valence-electron chi connectivity index (χ0n) is 28.1. The van der Waals surface area contributed by atoms with Crippen LogP contribution in [-0.4, -0.2) is 108 Å². The van der Waals surface area contributed by atoms with Gasteiger partial charge in [-0.15, -0.1) is 0 Å². The highest BCUT2D eigenvalue weighted by molar-refractivity contribution is 6.36. The molecule has 10 heteroatoms. The Morgan fingerprint density at radius 3 is 2.42 bits per heavy atom. The summed E-state index contributed by atoms with van der Waals surface area (Å²) in [4.78, 5) is 35.1. The first-order valence-corrected chi connectivity index (χ1v) is 18.6. The molecule has 5 aliphatic heterocycles. The summed E-state index contributed by atoms with van der Waals surface area (Å²) in [5.41, 5.74) is 3.49. The first kappa shape index (κ1) is 31.8. The number of halogens is 1. The first-order chi connectivity index (χ1) is 23.6. The summed E-state index contributed by atoms with van der Waals surface area (Å²) in [5, 5.41) is 3.00. The van der Waals surface area contributed by atoms with Gasteiger partial charge in [-0.3, -0.25) is 14.6 Å². The Kier molecular flexibility index (Phi) is 9.18. The second-order valence-corrected chi connectivity index (χ2v) is 14.7. The average Bonchev–Trinajstić information content (AvgIpc) is 3.71. The number of fused-ring (bicyclic) bond motifs is 3. The minimum atomic E-state index is 0.113. The summed E-state index contributed by atoms with van der Waals surface area (Å²) in [5.74, 6) is 1.09. The molecule has 1 amide bonds. The van der Waals surface area contributed by atoms with E-state index in [-0.39, 0.29) is 11.4 Å². The summed E-state index contributed by atoms with van der Waals surface area (Å²) in [6.07, 6.45) is 13.4. The minimum absolute atomic E-state index is 0.113. The van der Waals surface area contributed by atoms with Crippen LogP contribution in [0.15, 0.2) is 48.6 Å². The maximum absolute atomic E-state index is 13.1. The third-order valence-corrected chi connectivity index (χ3v) is 11.8. The number of likely N-dealkylation sites (tertiary alicyclic amines) is 1. The van der Waals surface area contributed by atoms with Crippen LogP contribution in [0.1, 0.15) is 56.2 Å². The maximum atomic E-state index is 13.1. The van der Waals surface area contributed by atoms with Crippen LogP contribution in [0.3, 0.4) is 0 Å². The van der Waals surface area contributed by atoms with E-state index in [0.29, 0.717) is 32.3 Å². The monoisotopic (exact) mass is 669 g/mol. The first-order valence-electron chi connectivity index (χ1n) is 18.2. The lowest BCUT2D eigenvalue weighted by molar-refractivity contribution is -0.126. The van der Waals surface area contributed by atoms with Gasteiger partial charge >= 0.3 is 6.01 Å². The molecule has 0 bridgehead atoms. The Bertz CT molecular complexity index is 1650. The molecular weight excluding hydrogens is 622 g/mol. The fraction of sp³-hybridized carbons (Fsp3) is 0.553. The smallest absolute Gasteiger partial charge is 0.318 e. The molecule has 8 rings (SSSR count). The molecule has 2 aromatic carbocycles. The lowest BCUT2D eigenvalue weighted by Gasteiger charge is -2.38. The Morgan fingerprint density at radius 2 is 1.62 bits per heavy atom. The van der Waals surface area contributed by atoms with Crippen molar-refractivity contribution in [3.8, 4) is 6.01 Å². The van der Waals surface area contributed by atoms with Crippen LogP contribution in [0, 0.1) is 0 Å². The second kappa shape index (κ2) is 13.8. The zero-order chi connectivity index (χ0) is 32.5. The van der Waals surface area contributed by atoms with Crippen LogP contribution in [0.4, 0.5) is 11.5 Å². The van der Waals surface area contributed by atoms with Crippen molar-refractivity contribution in [2.75, 3.05) is 81.9 Å². The van der Waals surface area contributed by atoms with Gasteiger partial charge in [0.25, 0.3) is 0 Å². The van der Waals surface area contributed by atoms with E-state index in [4.69, 9.17) is 26.3 Å². The molecule has 0 N–H and O–H groups in total. The molecule has 0 spiro atoms. The third kappa shape index (κ3) is 6.37. The highest BCUT2D eigenvalue weighted by atomic mass is 35.5. The zero-order valence-corrected chi connectivity index (χ0v) is 28.8. The Balaban J connectivity index is 1.02. The van der Waals surface area contributed by atoms with Crippen LogP contribution in [-0.2, 0) is 17.8 Å². The molecule has 3 aromatic rings. The number of anilines is 2. The van der Waals surface area contributed by atoms with Gasteiger partial charge in [-0.05, 0) is 88.6 Å². The molecule has 0 aliphatic carbocycles. The van der Waals surface area contributed by atoms with Crippen LogP contribution in [0.2, 0.25) is 5.02 Å². The lowest BCUT2D eigenvalue weighted by atomic mass is 9.95. The van der Waals surface area contributed by atoms with Crippen molar-refractivity contribution in [3.05, 3.63) is 64.8 Å². The van der Waals surface area contributed by atoms with Gasteiger partial charge in [-0.2, -0.15) is 9.97 Å². The number of nitrogens with zero attached hydrogens (tertiary/aromatic N) is 7. The van der Waals surface area contributed by atoms with Gasteiger partial charge in [0.2, 0.25) is 5.91 Å². The molecule has 9 nitrogen and oxygen atoms in total. The lowest BCUT2D eigenvalue weighted by Crippen LogP contribution is -2.49. The van der Waals surface area contributed by atoms with E-state index in [1.807, 2.05) is 17.0 Å². The van der Waals surface area contributed by atoms with Gasteiger partial charge in [0.1, 0.15) is 12.4 Å². The number of hydrogen-bond acceptors (Lipinski definition) is 8. The number of aromatic nitrogens is 2. The number of hydrogen-bond donors (Lipinski definition) is 0. The molecule has 6 heterocycles. The predicted molar refractivity (Wildman–Crippen MR) is 192 cm³/mol.